The standard InChI is InChI=1S/C28H27N3O3/c32-25(19-31-15-7-14-30(16-17-31)18-20-8-2-1-3-9-20)29-24-13-6-12-23-26(24)28(34)22-11-5-4-10-21(22)27(23)33/h1-6,8-13H,7,14-19H2,(H,29,32). The number of rotatable bonds is 5. The fourth-order valence-electron chi connectivity index (χ4n) is 4.82. The highest BCUT2D eigenvalue weighted by molar-refractivity contribution is 6.30. The van der Waals surface area contributed by atoms with Crippen molar-refractivity contribution < 1.29 is 14.4 Å². The van der Waals surface area contributed by atoms with Crippen LogP contribution in [-0.4, -0.2) is 60.0 Å². The van der Waals surface area contributed by atoms with Gasteiger partial charge in [0.2, 0.25) is 5.91 Å². The second-order valence-electron chi connectivity index (χ2n) is 8.87. The van der Waals surface area contributed by atoms with Gasteiger partial charge in [0, 0.05) is 36.3 Å². The van der Waals surface area contributed by atoms with Crippen molar-refractivity contribution in [3.63, 3.8) is 0 Å². The number of carbonyl (C=O) groups is 3. The molecule has 34 heavy (non-hydrogen) atoms. The Morgan fingerprint density at radius 1 is 0.706 bits per heavy atom. The smallest absolute Gasteiger partial charge is 0.238 e. The van der Waals surface area contributed by atoms with E-state index in [4.69, 9.17) is 0 Å². The van der Waals surface area contributed by atoms with Gasteiger partial charge in [-0.3, -0.25) is 24.2 Å². The fourth-order valence-corrected chi connectivity index (χ4v) is 4.82. The van der Waals surface area contributed by atoms with Crippen LogP contribution in [0.5, 0.6) is 0 Å². The number of carbonyl (C=O) groups excluding carboxylic acids is 3. The van der Waals surface area contributed by atoms with Crippen molar-refractivity contribution in [2.24, 2.45) is 0 Å². The summed E-state index contributed by atoms with van der Waals surface area (Å²) in [5, 5.41) is 2.90. The maximum absolute atomic E-state index is 13.2. The monoisotopic (exact) mass is 453 g/mol. The molecule has 0 atom stereocenters. The number of nitrogens with one attached hydrogen (secondary N) is 1. The summed E-state index contributed by atoms with van der Waals surface area (Å²) in [7, 11) is 0. The highest BCUT2D eigenvalue weighted by Gasteiger charge is 2.31. The summed E-state index contributed by atoms with van der Waals surface area (Å²) in [6, 6.07) is 22.3. The SMILES string of the molecule is O=C(CN1CCCN(Cc2ccccc2)CC1)Nc1cccc2c1C(=O)c1ccccc1C2=O. The highest BCUT2D eigenvalue weighted by atomic mass is 16.2. The van der Waals surface area contributed by atoms with Crippen molar-refractivity contribution >= 4 is 23.2 Å². The maximum Gasteiger partial charge on any atom is 0.238 e. The molecule has 0 saturated carbocycles. The molecule has 1 aliphatic heterocycles. The Kier molecular flexibility index (Phi) is 6.34. The number of nitrogens with zero attached hydrogens (tertiary/aromatic N) is 2. The third-order valence-electron chi connectivity index (χ3n) is 6.52. The molecule has 0 aromatic heterocycles. The van der Waals surface area contributed by atoms with Gasteiger partial charge in [0.25, 0.3) is 0 Å². The van der Waals surface area contributed by atoms with Gasteiger partial charge >= 0.3 is 0 Å². The van der Waals surface area contributed by atoms with Crippen LogP contribution < -0.4 is 5.32 Å². The molecule has 2 aliphatic rings. The van der Waals surface area contributed by atoms with E-state index in [-0.39, 0.29) is 29.6 Å². The molecule has 6 nitrogen and oxygen atoms in total. The number of hydrogen-bond acceptors (Lipinski definition) is 5. The van der Waals surface area contributed by atoms with Crippen LogP contribution in [0.4, 0.5) is 5.69 Å². The lowest BCUT2D eigenvalue weighted by molar-refractivity contribution is -0.117. The van der Waals surface area contributed by atoms with Crippen molar-refractivity contribution in [3.8, 4) is 0 Å². The first-order valence-corrected chi connectivity index (χ1v) is 11.7. The van der Waals surface area contributed by atoms with E-state index in [1.165, 1.54) is 5.56 Å². The first kappa shape index (κ1) is 22.2. The number of ketones is 2. The first-order chi connectivity index (χ1) is 16.6. The zero-order valence-corrected chi connectivity index (χ0v) is 19.0. The molecule has 172 valence electrons. The zero-order valence-electron chi connectivity index (χ0n) is 19.0. The molecule has 1 aliphatic carbocycles. The van der Waals surface area contributed by atoms with Gasteiger partial charge < -0.3 is 5.32 Å². The zero-order chi connectivity index (χ0) is 23.5. The molecule has 6 heteroatoms. The van der Waals surface area contributed by atoms with Crippen LogP contribution in [0.15, 0.2) is 72.8 Å². The average Bonchev–Trinajstić information content (AvgIpc) is 3.08. The molecule has 0 radical (unpaired) electrons. The van der Waals surface area contributed by atoms with Crippen LogP contribution in [0, 0.1) is 0 Å². The van der Waals surface area contributed by atoms with E-state index < -0.39 is 0 Å². The molecule has 5 rings (SSSR count). The third kappa shape index (κ3) is 4.55. The number of hydrogen-bond donors (Lipinski definition) is 1. The predicted octanol–water partition coefficient (Wildman–Crippen LogP) is 3.61. The lowest BCUT2D eigenvalue weighted by atomic mass is 9.83. The lowest BCUT2D eigenvalue weighted by Crippen LogP contribution is -2.36. The van der Waals surface area contributed by atoms with Gasteiger partial charge in [-0.15, -0.1) is 0 Å². The molecule has 3 aromatic carbocycles. The Bertz CT molecular complexity index is 1240. The quantitative estimate of drug-likeness (QED) is 0.500. The minimum Gasteiger partial charge on any atom is -0.324 e. The molecular weight excluding hydrogens is 426 g/mol. The average molecular weight is 454 g/mol. The topological polar surface area (TPSA) is 69.7 Å². The van der Waals surface area contributed by atoms with E-state index in [0.29, 0.717) is 22.4 Å². The summed E-state index contributed by atoms with van der Waals surface area (Å²) in [4.78, 5) is 43.6. The second kappa shape index (κ2) is 9.71. The van der Waals surface area contributed by atoms with Gasteiger partial charge in [-0.2, -0.15) is 0 Å². The highest BCUT2D eigenvalue weighted by Crippen LogP contribution is 2.31. The Morgan fingerprint density at radius 2 is 1.35 bits per heavy atom. The number of anilines is 1. The van der Waals surface area contributed by atoms with Crippen LogP contribution in [0.25, 0.3) is 0 Å². The van der Waals surface area contributed by atoms with Gasteiger partial charge in [0.15, 0.2) is 11.6 Å². The molecule has 3 aromatic rings. The van der Waals surface area contributed by atoms with Crippen molar-refractivity contribution in [2.45, 2.75) is 13.0 Å². The lowest BCUT2D eigenvalue weighted by Gasteiger charge is -2.23. The van der Waals surface area contributed by atoms with E-state index in [0.717, 1.165) is 39.1 Å². The Balaban J connectivity index is 1.24. The molecule has 1 saturated heterocycles. The molecule has 0 spiro atoms. The molecule has 1 N–H and O–H groups in total. The maximum atomic E-state index is 13.2. The molecule has 0 bridgehead atoms. The molecule has 1 fully saturated rings. The van der Waals surface area contributed by atoms with E-state index in [2.05, 4.69) is 39.4 Å². The number of amides is 1. The summed E-state index contributed by atoms with van der Waals surface area (Å²) >= 11 is 0. The first-order valence-electron chi connectivity index (χ1n) is 11.7. The summed E-state index contributed by atoms with van der Waals surface area (Å²) in [5.41, 5.74) is 3.11. The van der Waals surface area contributed by atoms with Crippen LogP contribution in [0.2, 0.25) is 0 Å². The molecule has 1 amide bonds. The summed E-state index contributed by atoms with van der Waals surface area (Å²) in [6.45, 7) is 4.70. The minimum absolute atomic E-state index is 0.177. The summed E-state index contributed by atoms with van der Waals surface area (Å²) in [6.07, 6.45) is 0.991. The molecule has 0 unspecified atom stereocenters. The molecule has 1 heterocycles. The minimum atomic E-state index is -0.229. The van der Waals surface area contributed by atoms with Gasteiger partial charge in [-0.1, -0.05) is 66.7 Å². The van der Waals surface area contributed by atoms with E-state index in [1.807, 2.05) is 6.07 Å². The van der Waals surface area contributed by atoms with Crippen LogP contribution >= 0.6 is 0 Å². The Labute approximate surface area is 199 Å². The van der Waals surface area contributed by atoms with Crippen LogP contribution in [-0.2, 0) is 11.3 Å². The van der Waals surface area contributed by atoms with Gasteiger partial charge in [0.05, 0.1) is 17.8 Å². The number of fused-ring (bicyclic) bond motifs is 2. The van der Waals surface area contributed by atoms with E-state index in [9.17, 15) is 14.4 Å². The Morgan fingerprint density at radius 3 is 2.15 bits per heavy atom. The fraction of sp³-hybridized carbons (Fsp3) is 0.250. The van der Waals surface area contributed by atoms with Crippen LogP contribution in [0.3, 0.4) is 0 Å². The van der Waals surface area contributed by atoms with Crippen molar-refractivity contribution in [1.29, 1.82) is 0 Å². The van der Waals surface area contributed by atoms with Crippen LogP contribution in [0.1, 0.15) is 43.8 Å². The van der Waals surface area contributed by atoms with Crippen molar-refractivity contribution in [1.82, 2.24) is 9.80 Å². The normalized spacial score (nSPS) is 16.5. The van der Waals surface area contributed by atoms with E-state index in [1.54, 1.807) is 42.5 Å². The predicted molar refractivity (Wildman–Crippen MR) is 131 cm³/mol. The van der Waals surface area contributed by atoms with Gasteiger partial charge in [-0.05, 0) is 31.1 Å². The number of benzene rings is 3. The van der Waals surface area contributed by atoms with Gasteiger partial charge in [-0.25, -0.2) is 0 Å². The molecular formula is C28H27N3O3. The van der Waals surface area contributed by atoms with Crippen molar-refractivity contribution in [3.05, 3.63) is 101 Å². The Hall–Kier alpha value is -3.61. The van der Waals surface area contributed by atoms with Crippen molar-refractivity contribution in [2.75, 3.05) is 38.0 Å². The third-order valence-corrected chi connectivity index (χ3v) is 6.52. The summed E-state index contributed by atoms with van der Waals surface area (Å²) in [5.74, 6) is -0.594. The largest absolute Gasteiger partial charge is 0.324 e. The van der Waals surface area contributed by atoms with Gasteiger partial charge in [0.1, 0.15) is 0 Å². The summed E-state index contributed by atoms with van der Waals surface area (Å²) < 4.78 is 0. The second-order valence-corrected chi connectivity index (χ2v) is 8.87. The van der Waals surface area contributed by atoms with E-state index >= 15 is 0 Å².